The van der Waals surface area contributed by atoms with E-state index >= 15 is 0 Å². The highest BCUT2D eigenvalue weighted by molar-refractivity contribution is 5.89. The number of ether oxygens (including phenoxy) is 1. The van der Waals surface area contributed by atoms with Crippen LogP contribution in [0.4, 0.5) is 0 Å². The Balaban J connectivity index is 2.79. The second-order valence-corrected chi connectivity index (χ2v) is 3.19. The second-order valence-electron chi connectivity index (χ2n) is 3.19. The Morgan fingerprint density at radius 2 is 2.57 bits per heavy atom. The summed E-state index contributed by atoms with van der Waals surface area (Å²) in [5, 5.41) is 0. The van der Waals surface area contributed by atoms with Crippen LogP contribution in [0, 0.1) is 5.92 Å². The molecule has 0 aromatic rings. The maximum absolute atomic E-state index is 11.5. The van der Waals surface area contributed by atoms with E-state index in [1.54, 1.807) is 0 Å². The average Bonchev–Trinajstić information content (AvgIpc) is 2.42. The molecule has 1 aliphatic rings. The van der Waals surface area contributed by atoms with Crippen molar-refractivity contribution in [3.8, 4) is 0 Å². The fraction of sp³-hybridized carbons (Fsp3) is 0.417. The van der Waals surface area contributed by atoms with Gasteiger partial charge in [-0.05, 0) is 19.8 Å². The lowest BCUT2D eigenvalue weighted by molar-refractivity contribution is -0.139. The summed E-state index contributed by atoms with van der Waals surface area (Å²) in [5.74, 6) is -0.0898. The summed E-state index contributed by atoms with van der Waals surface area (Å²) in [6, 6.07) is 0. The molecule has 0 N–H and O–H groups in total. The van der Waals surface area contributed by atoms with Crippen LogP contribution in [-0.2, 0) is 9.53 Å². The highest BCUT2D eigenvalue weighted by Crippen LogP contribution is 2.22. The third-order valence-electron chi connectivity index (χ3n) is 2.25. The summed E-state index contributed by atoms with van der Waals surface area (Å²) < 4.78 is 4.98. The maximum atomic E-state index is 11.5. The van der Waals surface area contributed by atoms with Crippen molar-refractivity contribution in [1.82, 2.24) is 0 Å². The Morgan fingerprint density at radius 1 is 1.79 bits per heavy atom. The summed E-state index contributed by atoms with van der Waals surface area (Å²) in [6.45, 7) is 5.98. The first-order valence-electron chi connectivity index (χ1n) is 4.96. The monoisotopic (exact) mass is 192 g/mol. The Morgan fingerprint density at radius 3 is 3.21 bits per heavy atom. The van der Waals surface area contributed by atoms with Crippen LogP contribution in [0.2, 0.25) is 0 Å². The molecule has 0 heterocycles. The molecule has 0 radical (unpaired) electrons. The zero-order valence-corrected chi connectivity index (χ0v) is 8.53. The number of carbonyl (C=O) groups is 1. The zero-order valence-electron chi connectivity index (χ0n) is 8.53. The van der Waals surface area contributed by atoms with Gasteiger partial charge in [0.05, 0.1) is 6.61 Å². The predicted molar refractivity (Wildman–Crippen MR) is 56.8 cm³/mol. The van der Waals surface area contributed by atoms with Crippen molar-refractivity contribution in [2.45, 2.75) is 19.8 Å². The van der Waals surface area contributed by atoms with Gasteiger partial charge < -0.3 is 4.74 Å². The van der Waals surface area contributed by atoms with E-state index < -0.39 is 0 Å². The van der Waals surface area contributed by atoms with Gasteiger partial charge in [-0.3, -0.25) is 0 Å². The molecule has 0 aromatic heterocycles. The summed E-state index contributed by atoms with van der Waals surface area (Å²) in [6.07, 6.45) is 9.53. The maximum Gasteiger partial charge on any atom is 0.334 e. The smallest absolute Gasteiger partial charge is 0.334 e. The molecule has 76 valence electrons. The molecule has 0 spiro atoms. The van der Waals surface area contributed by atoms with Gasteiger partial charge in [-0.15, -0.1) is 6.58 Å². The SMILES string of the molecule is C=CC1CCC=CC=C1C(=O)OCC. The highest BCUT2D eigenvalue weighted by Gasteiger charge is 2.19. The van der Waals surface area contributed by atoms with Crippen molar-refractivity contribution in [3.05, 3.63) is 36.5 Å². The summed E-state index contributed by atoms with van der Waals surface area (Å²) >= 11 is 0. The van der Waals surface area contributed by atoms with Crippen LogP contribution in [0.5, 0.6) is 0 Å². The quantitative estimate of drug-likeness (QED) is 0.507. The molecule has 1 unspecified atom stereocenters. The van der Waals surface area contributed by atoms with Gasteiger partial charge in [-0.25, -0.2) is 4.79 Å². The van der Waals surface area contributed by atoms with Crippen LogP contribution in [0.25, 0.3) is 0 Å². The molecule has 2 heteroatoms. The largest absolute Gasteiger partial charge is 0.463 e. The lowest BCUT2D eigenvalue weighted by Crippen LogP contribution is -2.14. The average molecular weight is 192 g/mol. The minimum absolute atomic E-state index is 0.129. The van der Waals surface area contributed by atoms with Crippen molar-refractivity contribution in [3.63, 3.8) is 0 Å². The van der Waals surface area contributed by atoms with Gasteiger partial charge in [0.25, 0.3) is 0 Å². The van der Waals surface area contributed by atoms with Crippen LogP contribution < -0.4 is 0 Å². The van der Waals surface area contributed by atoms with E-state index in [0.717, 1.165) is 18.4 Å². The molecule has 14 heavy (non-hydrogen) atoms. The molecule has 0 amide bonds. The Hall–Kier alpha value is -1.31. The van der Waals surface area contributed by atoms with Gasteiger partial charge >= 0.3 is 5.97 Å². The van der Waals surface area contributed by atoms with E-state index in [-0.39, 0.29) is 11.9 Å². The Kier molecular flexibility index (Phi) is 4.17. The normalized spacial score (nSPS) is 20.9. The Bertz CT molecular complexity index is 274. The van der Waals surface area contributed by atoms with E-state index in [0.29, 0.717) is 6.61 Å². The molecule has 0 aromatic carbocycles. The molecule has 0 saturated heterocycles. The summed E-state index contributed by atoms with van der Waals surface area (Å²) in [5.41, 5.74) is 0.718. The van der Waals surface area contributed by atoms with E-state index in [9.17, 15) is 4.79 Å². The van der Waals surface area contributed by atoms with E-state index in [2.05, 4.69) is 12.7 Å². The highest BCUT2D eigenvalue weighted by atomic mass is 16.5. The van der Waals surface area contributed by atoms with E-state index in [1.165, 1.54) is 0 Å². The summed E-state index contributed by atoms with van der Waals surface area (Å²) in [4.78, 5) is 11.5. The molecule has 1 rings (SSSR count). The Labute approximate surface area is 85.0 Å². The molecular weight excluding hydrogens is 176 g/mol. The minimum Gasteiger partial charge on any atom is -0.463 e. The topological polar surface area (TPSA) is 26.3 Å². The predicted octanol–water partition coefficient (Wildman–Crippen LogP) is 2.63. The molecule has 0 fully saturated rings. The van der Waals surface area contributed by atoms with Gasteiger partial charge in [0.1, 0.15) is 0 Å². The van der Waals surface area contributed by atoms with Gasteiger partial charge in [0, 0.05) is 11.5 Å². The molecule has 0 bridgehead atoms. The van der Waals surface area contributed by atoms with Crippen molar-refractivity contribution in [2.24, 2.45) is 5.92 Å². The number of hydrogen-bond donors (Lipinski definition) is 0. The first-order valence-corrected chi connectivity index (χ1v) is 4.96. The fourth-order valence-electron chi connectivity index (χ4n) is 1.50. The third-order valence-corrected chi connectivity index (χ3v) is 2.25. The van der Waals surface area contributed by atoms with Gasteiger partial charge in [-0.2, -0.15) is 0 Å². The first kappa shape index (κ1) is 10.8. The molecular formula is C12H16O2. The number of hydrogen-bond acceptors (Lipinski definition) is 2. The lowest BCUT2D eigenvalue weighted by atomic mass is 9.95. The van der Waals surface area contributed by atoms with Crippen LogP contribution in [0.15, 0.2) is 36.5 Å². The van der Waals surface area contributed by atoms with Gasteiger partial charge in [0.15, 0.2) is 0 Å². The van der Waals surface area contributed by atoms with Crippen molar-refractivity contribution in [1.29, 1.82) is 0 Å². The van der Waals surface area contributed by atoms with Gasteiger partial charge in [-0.1, -0.05) is 24.3 Å². The van der Waals surface area contributed by atoms with Crippen LogP contribution in [0.1, 0.15) is 19.8 Å². The minimum atomic E-state index is -0.219. The second kappa shape index (κ2) is 5.43. The first-order chi connectivity index (χ1) is 6.79. The van der Waals surface area contributed by atoms with Crippen LogP contribution in [0.3, 0.4) is 0 Å². The molecule has 0 saturated carbocycles. The molecule has 1 aliphatic carbocycles. The molecule has 2 nitrogen and oxygen atoms in total. The molecule has 1 atom stereocenters. The van der Waals surface area contributed by atoms with E-state index in [4.69, 9.17) is 4.74 Å². The standard InChI is InChI=1S/C12H16O2/c1-3-10-8-6-5-7-9-11(10)12(13)14-4-2/h3,5,7,9-10H,1,4,6,8H2,2H3. The zero-order chi connectivity index (χ0) is 10.4. The number of carbonyl (C=O) groups excluding carboxylic acids is 1. The van der Waals surface area contributed by atoms with E-state index in [1.807, 2.05) is 25.2 Å². The third kappa shape index (κ3) is 2.59. The van der Waals surface area contributed by atoms with Crippen molar-refractivity contribution >= 4 is 5.97 Å². The molecule has 0 aliphatic heterocycles. The van der Waals surface area contributed by atoms with Crippen molar-refractivity contribution in [2.75, 3.05) is 6.61 Å². The number of rotatable bonds is 3. The number of allylic oxidation sites excluding steroid dienone is 4. The summed E-state index contributed by atoms with van der Waals surface area (Å²) in [7, 11) is 0. The van der Waals surface area contributed by atoms with Crippen LogP contribution >= 0.6 is 0 Å². The van der Waals surface area contributed by atoms with Crippen LogP contribution in [-0.4, -0.2) is 12.6 Å². The van der Waals surface area contributed by atoms with Gasteiger partial charge in [0.2, 0.25) is 0 Å². The fourth-order valence-corrected chi connectivity index (χ4v) is 1.50. The number of esters is 1. The van der Waals surface area contributed by atoms with Crippen molar-refractivity contribution < 1.29 is 9.53 Å². The lowest BCUT2D eigenvalue weighted by Gasteiger charge is -2.12.